The van der Waals surface area contributed by atoms with Gasteiger partial charge in [-0.1, -0.05) is 56.5 Å². The van der Waals surface area contributed by atoms with Crippen molar-refractivity contribution in [3.05, 3.63) is 35.9 Å². The summed E-state index contributed by atoms with van der Waals surface area (Å²) < 4.78 is 0. The van der Waals surface area contributed by atoms with E-state index in [9.17, 15) is 0 Å². The zero-order valence-electron chi connectivity index (χ0n) is 12.2. The minimum atomic E-state index is 0.865. The summed E-state index contributed by atoms with van der Waals surface area (Å²) in [5.41, 5.74) is 1.49. The van der Waals surface area contributed by atoms with Crippen molar-refractivity contribution >= 4 is 0 Å². The van der Waals surface area contributed by atoms with E-state index in [1.807, 2.05) is 0 Å². The van der Waals surface area contributed by atoms with E-state index in [1.54, 1.807) is 0 Å². The lowest BCUT2D eigenvalue weighted by Gasteiger charge is -2.49. The molecule has 2 saturated heterocycles. The van der Waals surface area contributed by atoms with Crippen molar-refractivity contribution in [1.29, 1.82) is 0 Å². The van der Waals surface area contributed by atoms with Crippen molar-refractivity contribution in [2.24, 2.45) is 5.92 Å². The minimum absolute atomic E-state index is 0.865. The fraction of sp³-hybridized carbons (Fsp3) is 0.667. The molecule has 2 heterocycles. The Bertz CT molecular complexity index is 372. The van der Waals surface area contributed by atoms with Crippen molar-refractivity contribution in [3.63, 3.8) is 0 Å². The lowest BCUT2D eigenvalue weighted by atomic mass is 9.76. The maximum atomic E-state index is 2.82. The van der Waals surface area contributed by atoms with E-state index in [1.165, 1.54) is 57.1 Å². The molecule has 0 spiro atoms. The number of rotatable bonds is 4. The van der Waals surface area contributed by atoms with E-state index in [0.717, 1.165) is 18.0 Å². The molecule has 3 rings (SSSR count). The fourth-order valence-corrected chi connectivity index (χ4v) is 4.29. The van der Waals surface area contributed by atoms with Gasteiger partial charge >= 0.3 is 0 Å². The first kappa shape index (κ1) is 13.2. The highest BCUT2D eigenvalue weighted by Crippen LogP contribution is 2.39. The average Bonchev–Trinajstić information content (AvgIpc) is 2.41. The van der Waals surface area contributed by atoms with E-state index in [-0.39, 0.29) is 0 Å². The fourth-order valence-electron chi connectivity index (χ4n) is 4.29. The van der Waals surface area contributed by atoms with E-state index >= 15 is 0 Å². The summed E-state index contributed by atoms with van der Waals surface area (Å²) in [5, 5.41) is 0. The first-order chi connectivity index (χ1) is 9.36. The van der Waals surface area contributed by atoms with Crippen LogP contribution >= 0.6 is 0 Å². The molecule has 2 fully saturated rings. The van der Waals surface area contributed by atoms with Gasteiger partial charge in [-0.25, -0.2) is 0 Å². The Balaban J connectivity index is 1.68. The maximum Gasteiger partial charge on any atom is 0.0239 e. The van der Waals surface area contributed by atoms with Gasteiger partial charge in [0.05, 0.1) is 0 Å². The second kappa shape index (κ2) is 6.09. The molecule has 2 unspecified atom stereocenters. The molecule has 0 saturated carbocycles. The number of benzene rings is 1. The van der Waals surface area contributed by atoms with Crippen LogP contribution in [0, 0.1) is 5.92 Å². The van der Waals surface area contributed by atoms with Crippen molar-refractivity contribution in [2.75, 3.05) is 0 Å². The molecular formula is C18H27N. The summed E-state index contributed by atoms with van der Waals surface area (Å²) in [6, 6.07) is 12.8. The minimum Gasteiger partial charge on any atom is -0.293 e. The highest BCUT2D eigenvalue weighted by molar-refractivity contribution is 5.15. The molecule has 1 aromatic carbocycles. The summed E-state index contributed by atoms with van der Waals surface area (Å²) >= 11 is 0. The van der Waals surface area contributed by atoms with Gasteiger partial charge in [-0.3, -0.25) is 4.90 Å². The Morgan fingerprint density at radius 1 is 1.05 bits per heavy atom. The highest BCUT2D eigenvalue weighted by atomic mass is 15.2. The smallest absolute Gasteiger partial charge is 0.0239 e. The predicted molar refractivity (Wildman–Crippen MR) is 81.0 cm³/mol. The van der Waals surface area contributed by atoms with Crippen LogP contribution in [-0.2, 0) is 6.54 Å². The topological polar surface area (TPSA) is 3.24 Å². The van der Waals surface area contributed by atoms with E-state index in [0.29, 0.717) is 0 Å². The molecule has 0 N–H and O–H groups in total. The lowest BCUT2D eigenvalue weighted by Crippen LogP contribution is -2.51. The van der Waals surface area contributed by atoms with E-state index in [2.05, 4.69) is 42.2 Å². The van der Waals surface area contributed by atoms with E-state index < -0.39 is 0 Å². The van der Waals surface area contributed by atoms with Gasteiger partial charge in [0, 0.05) is 18.6 Å². The van der Waals surface area contributed by atoms with Crippen LogP contribution in [0.4, 0.5) is 0 Å². The molecule has 2 atom stereocenters. The Labute approximate surface area is 118 Å². The maximum absolute atomic E-state index is 2.82. The molecule has 2 aliphatic rings. The van der Waals surface area contributed by atoms with Crippen LogP contribution < -0.4 is 0 Å². The molecule has 2 bridgehead atoms. The summed E-state index contributed by atoms with van der Waals surface area (Å²) in [4.78, 5) is 2.82. The quantitative estimate of drug-likeness (QED) is 0.760. The standard InChI is InChI=1S/C18H27N/c1-2-7-16-12-17-10-6-11-18(13-16)19(17)14-15-8-4-3-5-9-15/h3-5,8-9,16-18H,2,6-7,10-14H2,1H3. The average molecular weight is 257 g/mol. The second-order valence-electron chi connectivity index (χ2n) is 6.52. The van der Waals surface area contributed by atoms with E-state index in [4.69, 9.17) is 0 Å². The van der Waals surface area contributed by atoms with Gasteiger partial charge in [0.25, 0.3) is 0 Å². The molecular weight excluding hydrogens is 230 g/mol. The van der Waals surface area contributed by atoms with Crippen molar-refractivity contribution in [3.8, 4) is 0 Å². The third kappa shape index (κ3) is 3.02. The molecule has 0 amide bonds. The second-order valence-corrected chi connectivity index (χ2v) is 6.52. The van der Waals surface area contributed by atoms with Gasteiger partial charge in [-0.2, -0.15) is 0 Å². The molecule has 2 aliphatic heterocycles. The van der Waals surface area contributed by atoms with Gasteiger partial charge in [-0.15, -0.1) is 0 Å². The Hall–Kier alpha value is -0.820. The zero-order valence-corrected chi connectivity index (χ0v) is 12.2. The van der Waals surface area contributed by atoms with Crippen LogP contribution in [0.1, 0.15) is 57.4 Å². The summed E-state index contributed by atoms with van der Waals surface area (Å²) in [7, 11) is 0. The molecule has 0 radical (unpaired) electrons. The first-order valence-corrected chi connectivity index (χ1v) is 8.16. The van der Waals surface area contributed by atoms with Gasteiger partial charge in [-0.05, 0) is 37.2 Å². The van der Waals surface area contributed by atoms with Crippen LogP contribution in [0.2, 0.25) is 0 Å². The molecule has 104 valence electrons. The lowest BCUT2D eigenvalue weighted by molar-refractivity contribution is 0.00482. The number of nitrogens with zero attached hydrogens (tertiary/aromatic N) is 1. The normalized spacial score (nSPS) is 31.3. The van der Waals surface area contributed by atoms with Crippen LogP contribution in [0.15, 0.2) is 30.3 Å². The van der Waals surface area contributed by atoms with Crippen LogP contribution in [0.3, 0.4) is 0 Å². The number of hydrogen-bond donors (Lipinski definition) is 0. The summed E-state index contributed by atoms with van der Waals surface area (Å²) in [5.74, 6) is 1.01. The van der Waals surface area contributed by atoms with Crippen molar-refractivity contribution < 1.29 is 0 Å². The SMILES string of the molecule is CCCC1CC2CCCC(C1)N2Cc1ccccc1. The zero-order chi connectivity index (χ0) is 13.1. The largest absolute Gasteiger partial charge is 0.293 e. The number of piperidine rings is 2. The third-order valence-corrected chi connectivity index (χ3v) is 5.13. The van der Waals surface area contributed by atoms with Gasteiger partial charge < -0.3 is 0 Å². The molecule has 0 aromatic heterocycles. The van der Waals surface area contributed by atoms with Crippen LogP contribution in [0.5, 0.6) is 0 Å². The number of fused-ring (bicyclic) bond motifs is 2. The van der Waals surface area contributed by atoms with Crippen molar-refractivity contribution in [1.82, 2.24) is 4.90 Å². The van der Waals surface area contributed by atoms with Gasteiger partial charge in [0.2, 0.25) is 0 Å². The Morgan fingerprint density at radius 2 is 1.74 bits per heavy atom. The predicted octanol–water partition coefficient (Wildman–Crippen LogP) is 4.62. The number of hydrogen-bond acceptors (Lipinski definition) is 1. The molecule has 1 heteroatoms. The van der Waals surface area contributed by atoms with Crippen molar-refractivity contribution in [2.45, 2.75) is 70.5 Å². The van der Waals surface area contributed by atoms with Gasteiger partial charge in [0.1, 0.15) is 0 Å². The van der Waals surface area contributed by atoms with Crippen LogP contribution in [0.25, 0.3) is 0 Å². The summed E-state index contributed by atoms with van der Waals surface area (Å²) in [6.45, 7) is 3.52. The molecule has 1 nitrogen and oxygen atoms in total. The third-order valence-electron chi connectivity index (χ3n) is 5.13. The monoisotopic (exact) mass is 257 g/mol. The highest BCUT2D eigenvalue weighted by Gasteiger charge is 2.37. The molecule has 0 aliphatic carbocycles. The summed E-state index contributed by atoms with van der Waals surface area (Å²) in [6.07, 6.45) is 10.1. The molecule has 19 heavy (non-hydrogen) atoms. The molecule has 1 aromatic rings. The van der Waals surface area contributed by atoms with Crippen LogP contribution in [-0.4, -0.2) is 17.0 Å². The Kier molecular flexibility index (Phi) is 4.22. The van der Waals surface area contributed by atoms with Gasteiger partial charge in [0.15, 0.2) is 0 Å². The first-order valence-electron chi connectivity index (χ1n) is 8.16. The Morgan fingerprint density at radius 3 is 2.37 bits per heavy atom.